The molecule has 1 aromatic heterocycles. The first kappa shape index (κ1) is 15.4. The molecule has 0 saturated heterocycles. The lowest BCUT2D eigenvalue weighted by Crippen LogP contribution is -2.45. The minimum Gasteiger partial charge on any atom is -0.353 e. The van der Waals surface area contributed by atoms with Gasteiger partial charge in [0.2, 0.25) is 0 Å². The average molecular weight is 376 g/mol. The summed E-state index contributed by atoms with van der Waals surface area (Å²) in [6, 6.07) is 12.2. The Balaban J connectivity index is 1.74. The third-order valence-electron chi connectivity index (χ3n) is 4.14. The zero-order valence-electron chi connectivity index (χ0n) is 12.2. The van der Waals surface area contributed by atoms with Crippen LogP contribution in [0, 0.1) is 0 Å². The van der Waals surface area contributed by atoms with Gasteiger partial charge in [-0.3, -0.25) is 4.98 Å². The van der Waals surface area contributed by atoms with E-state index >= 15 is 0 Å². The SMILES string of the molecule is S=C(Nc1ccc(Br)cc1)NC1(c2ccncc2)CCCC1. The molecule has 1 aromatic carbocycles. The highest BCUT2D eigenvalue weighted by molar-refractivity contribution is 9.10. The van der Waals surface area contributed by atoms with E-state index in [1.165, 1.54) is 18.4 Å². The molecule has 114 valence electrons. The molecule has 22 heavy (non-hydrogen) atoms. The first-order valence-corrected chi connectivity index (χ1v) is 8.63. The summed E-state index contributed by atoms with van der Waals surface area (Å²) in [7, 11) is 0. The van der Waals surface area contributed by atoms with Gasteiger partial charge in [0.05, 0.1) is 5.54 Å². The van der Waals surface area contributed by atoms with Gasteiger partial charge in [-0.1, -0.05) is 28.8 Å². The topological polar surface area (TPSA) is 37.0 Å². The van der Waals surface area contributed by atoms with Crippen molar-refractivity contribution in [3.8, 4) is 0 Å². The van der Waals surface area contributed by atoms with Gasteiger partial charge in [0.25, 0.3) is 0 Å². The van der Waals surface area contributed by atoms with Gasteiger partial charge in [-0.25, -0.2) is 0 Å². The predicted molar refractivity (Wildman–Crippen MR) is 97.9 cm³/mol. The summed E-state index contributed by atoms with van der Waals surface area (Å²) in [4.78, 5) is 4.12. The van der Waals surface area contributed by atoms with Gasteiger partial charge in [0.1, 0.15) is 0 Å². The lowest BCUT2D eigenvalue weighted by molar-refractivity contribution is 0.408. The summed E-state index contributed by atoms with van der Waals surface area (Å²) in [5.41, 5.74) is 2.19. The Hall–Kier alpha value is -1.46. The van der Waals surface area contributed by atoms with E-state index in [-0.39, 0.29) is 5.54 Å². The minimum atomic E-state index is -0.0671. The Morgan fingerprint density at radius 2 is 1.68 bits per heavy atom. The van der Waals surface area contributed by atoms with Crippen LogP contribution < -0.4 is 10.6 Å². The molecule has 2 N–H and O–H groups in total. The maximum Gasteiger partial charge on any atom is 0.171 e. The molecule has 1 saturated carbocycles. The van der Waals surface area contributed by atoms with E-state index in [0.29, 0.717) is 5.11 Å². The lowest BCUT2D eigenvalue weighted by atomic mass is 9.89. The molecule has 0 bridgehead atoms. The fourth-order valence-corrected chi connectivity index (χ4v) is 3.63. The molecular formula is C17H18BrN3S. The van der Waals surface area contributed by atoms with E-state index in [1.807, 2.05) is 36.7 Å². The Bertz CT molecular complexity index is 637. The molecule has 1 fully saturated rings. The monoisotopic (exact) mass is 375 g/mol. The number of anilines is 1. The van der Waals surface area contributed by atoms with Gasteiger partial charge >= 0.3 is 0 Å². The van der Waals surface area contributed by atoms with Gasteiger partial charge < -0.3 is 10.6 Å². The Morgan fingerprint density at radius 1 is 1.05 bits per heavy atom. The first-order chi connectivity index (χ1) is 10.7. The normalized spacial score (nSPS) is 16.2. The predicted octanol–water partition coefficient (Wildman–Crippen LogP) is 4.60. The number of nitrogens with one attached hydrogen (secondary N) is 2. The quantitative estimate of drug-likeness (QED) is 0.768. The fraction of sp³-hybridized carbons (Fsp3) is 0.294. The molecular weight excluding hydrogens is 358 g/mol. The van der Waals surface area contributed by atoms with E-state index in [0.717, 1.165) is 23.0 Å². The molecule has 3 nitrogen and oxygen atoms in total. The highest BCUT2D eigenvalue weighted by Crippen LogP contribution is 2.38. The lowest BCUT2D eigenvalue weighted by Gasteiger charge is -2.32. The third kappa shape index (κ3) is 3.47. The van der Waals surface area contributed by atoms with E-state index in [4.69, 9.17) is 12.2 Å². The van der Waals surface area contributed by atoms with Crippen molar-refractivity contribution in [3.05, 3.63) is 58.8 Å². The van der Waals surface area contributed by atoms with E-state index < -0.39 is 0 Å². The van der Waals surface area contributed by atoms with Crippen molar-refractivity contribution < 1.29 is 0 Å². The van der Waals surface area contributed by atoms with Crippen LogP contribution in [0.5, 0.6) is 0 Å². The van der Waals surface area contributed by atoms with Gasteiger partial charge in [-0.2, -0.15) is 0 Å². The fourth-order valence-electron chi connectivity index (χ4n) is 3.05. The second-order valence-electron chi connectivity index (χ2n) is 5.61. The molecule has 0 aliphatic heterocycles. The number of hydrogen-bond acceptors (Lipinski definition) is 2. The van der Waals surface area contributed by atoms with Crippen LogP contribution >= 0.6 is 28.1 Å². The average Bonchev–Trinajstić information content (AvgIpc) is 3.00. The van der Waals surface area contributed by atoms with Crippen molar-refractivity contribution in [2.24, 2.45) is 0 Å². The smallest absolute Gasteiger partial charge is 0.171 e. The van der Waals surface area contributed by atoms with Crippen molar-refractivity contribution in [3.63, 3.8) is 0 Å². The number of benzene rings is 1. The molecule has 0 atom stereocenters. The van der Waals surface area contributed by atoms with Gasteiger partial charge in [-0.15, -0.1) is 0 Å². The van der Waals surface area contributed by atoms with Crippen molar-refractivity contribution >= 4 is 38.9 Å². The summed E-state index contributed by atoms with van der Waals surface area (Å²) in [5, 5.41) is 7.49. The van der Waals surface area contributed by atoms with Crippen molar-refractivity contribution in [1.29, 1.82) is 0 Å². The van der Waals surface area contributed by atoms with E-state index in [2.05, 4.69) is 43.7 Å². The molecule has 5 heteroatoms. The van der Waals surface area contributed by atoms with Gasteiger partial charge in [0.15, 0.2) is 5.11 Å². The standard InChI is InChI=1S/C17H18BrN3S/c18-14-3-5-15(6-4-14)20-16(22)21-17(9-1-2-10-17)13-7-11-19-12-8-13/h3-8,11-12H,1-2,9-10H2,(H2,20,21,22). The van der Waals surface area contributed by atoms with E-state index in [1.54, 1.807) is 0 Å². The second-order valence-corrected chi connectivity index (χ2v) is 6.94. The second kappa shape index (κ2) is 6.75. The highest BCUT2D eigenvalue weighted by atomic mass is 79.9. The molecule has 0 spiro atoms. The van der Waals surface area contributed by atoms with Crippen molar-refractivity contribution in [2.75, 3.05) is 5.32 Å². The summed E-state index contributed by atoms with van der Waals surface area (Å²) in [6.45, 7) is 0. The number of aromatic nitrogens is 1. The maximum absolute atomic E-state index is 5.53. The summed E-state index contributed by atoms with van der Waals surface area (Å²) < 4.78 is 1.06. The van der Waals surface area contributed by atoms with Gasteiger partial charge in [-0.05, 0) is 67.0 Å². The van der Waals surface area contributed by atoms with Crippen LogP contribution in [0.15, 0.2) is 53.3 Å². The van der Waals surface area contributed by atoms with E-state index in [9.17, 15) is 0 Å². The van der Waals surface area contributed by atoms with Crippen LogP contribution in [0.2, 0.25) is 0 Å². The summed E-state index contributed by atoms with van der Waals surface area (Å²) in [5.74, 6) is 0. The van der Waals surface area contributed by atoms with Crippen LogP contribution in [0.3, 0.4) is 0 Å². The molecule has 1 aliphatic carbocycles. The molecule has 1 aliphatic rings. The summed E-state index contributed by atoms with van der Waals surface area (Å²) >= 11 is 8.97. The number of rotatable bonds is 3. The molecule has 0 unspecified atom stereocenters. The van der Waals surface area contributed by atoms with Gasteiger partial charge in [0, 0.05) is 22.6 Å². The third-order valence-corrected chi connectivity index (χ3v) is 4.88. The molecule has 0 amide bonds. The van der Waals surface area contributed by atoms with Crippen LogP contribution in [-0.2, 0) is 5.54 Å². The maximum atomic E-state index is 5.53. The number of thiocarbonyl (C=S) groups is 1. The van der Waals surface area contributed by atoms with Crippen LogP contribution in [0.25, 0.3) is 0 Å². The Kier molecular flexibility index (Phi) is 4.74. The first-order valence-electron chi connectivity index (χ1n) is 7.43. The van der Waals surface area contributed by atoms with Crippen molar-refractivity contribution in [2.45, 2.75) is 31.2 Å². The Morgan fingerprint density at radius 3 is 2.32 bits per heavy atom. The number of nitrogens with zero attached hydrogens (tertiary/aromatic N) is 1. The summed E-state index contributed by atoms with van der Waals surface area (Å²) in [6.07, 6.45) is 8.33. The molecule has 0 radical (unpaired) electrons. The zero-order valence-corrected chi connectivity index (χ0v) is 14.6. The molecule has 3 rings (SSSR count). The minimum absolute atomic E-state index is 0.0671. The Labute approximate surface area is 144 Å². The number of pyridine rings is 1. The van der Waals surface area contributed by atoms with Crippen LogP contribution in [0.4, 0.5) is 5.69 Å². The van der Waals surface area contributed by atoms with Crippen molar-refractivity contribution in [1.82, 2.24) is 10.3 Å². The largest absolute Gasteiger partial charge is 0.353 e. The number of halogens is 1. The van der Waals surface area contributed by atoms with Crippen LogP contribution in [-0.4, -0.2) is 10.1 Å². The molecule has 2 aromatic rings. The number of hydrogen-bond donors (Lipinski definition) is 2. The highest BCUT2D eigenvalue weighted by Gasteiger charge is 2.36. The zero-order chi connectivity index (χ0) is 15.4. The molecule has 1 heterocycles. The van der Waals surface area contributed by atoms with Crippen LogP contribution in [0.1, 0.15) is 31.2 Å².